The van der Waals surface area contributed by atoms with Crippen LogP contribution in [-0.4, -0.2) is 70.0 Å². The lowest BCUT2D eigenvalue weighted by atomic mass is 9.70. The number of carbonyl (C=O) groups is 3. The molecule has 0 aliphatic carbocycles. The van der Waals surface area contributed by atoms with Crippen LogP contribution in [0.25, 0.3) is 0 Å². The fourth-order valence-corrected chi connectivity index (χ4v) is 9.24. The second kappa shape index (κ2) is 12.9. The second-order valence-electron chi connectivity index (χ2n) is 11.3. The number of likely N-dealkylation sites (tertiary alicyclic amines) is 1. The summed E-state index contributed by atoms with van der Waals surface area (Å²) < 4.78 is -0.612. The molecule has 0 aromatic heterocycles. The van der Waals surface area contributed by atoms with Gasteiger partial charge >= 0.3 is 0 Å². The summed E-state index contributed by atoms with van der Waals surface area (Å²) in [7, 11) is 0. The summed E-state index contributed by atoms with van der Waals surface area (Å²) in [5, 5.41) is 15.5. The molecule has 1 spiro atoms. The fourth-order valence-electron chi connectivity index (χ4n) is 7.02. The first-order chi connectivity index (χ1) is 19.9. The summed E-state index contributed by atoms with van der Waals surface area (Å²) >= 11 is 1.69. The van der Waals surface area contributed by atoms with Crippen molar-refractivity contribution in [3.05, 3.63) is 60.2 Å². The molecule has 3 aliphatic rings. The molecule has 3 fully saturated rings. The summed E-state index contributed by atoms with van der Waals surface area (Å²) in [5.74, 6) is -1.33. The molecule has 3 heterocycles. The van der Waals surface area contributed by atoms with Gasteiger partial charge in [0.25, 0.3) is 0 Å². The Balaban J connectivity index is 1.37. The summed E-state index contributed by atoms with van der Waals surface area (Å²) in [4.78, 5) is 45.7. The molecule has 0 saturated carbocycles. The van der Waals surface area contributed by atoms with Crippen LogP contribution in [0.4, 0.5) is 11.4 Å². The number of hydrogen-bond donors (Lipinski definition) is 3. The van der Waals surface area contributed by atoms with Crippen molar-refractivity contribution in [2.75, 3.05) is 36.5 Å². The molecule has 3 saturated heterocycles. The van der Waals surface area contributed by atoms with Crippen LogP contribution in [0.1, 0.15) is 51.5 Å². The number of amides is 3. The average molecular weight is 579 g/mol. The van der Waals surface area contributed by atoms with Gasteiger partial charge in [-0.2, -0.15) is 0 Å². The van der Waals surface area contributed by atoms with E-state index in [1.165, 1.54) is 0 Å². The summed E-state index contributed by atoms with van der Waals surface area (Å²) in [6.45, 7) is 7.00. The number of benzene rings is 2. The van der Waals surface area contributed by atoms with Crippen molar-refractivity contribution in [3.8, 4) is 0 Å². The minimum absolute atomic E-state index is 0.0277. The van der Waals surface area contributed by atoms with Crippen LogP contribution in [0, 0.1) is 11.8 Å². The van der Waals surface area contributed by atoms with Crippen LogP contribution in [0.2, 0.25) is 0 Å². The molecule has 41 heavy (non-hydrogen) atoms. The highest BCUT2D eigenvalue weighted by Gasteiger charge is 2.73. The zero-order chi connectivity index (χ0) is 29.0. The largest absolute Gasteiger partial charge is 0.396 e. The number of rotatable bonds is 13. The number of hydrogen-bond acceptors (Lipinski definition) is 6. The van der Waals surface area contributed by atoms with Gasteiger partial charge in [-0.1, -0.05) is 30.3 Å². The normalized spacial score (nSPS) is 26.2. The molecule has 2 unspecified atom stereocenters. The Morgan fingerprint density at radius 1 is 1.02 bits per heavy atom. The maximum absolute atomic E-state index is 14.1. The van der Waals surface area contributed by atoms with Crippen molar-refractivity contribution >= 4 is 40.9 Å². The van der Waals surface area contributed by atoms with E-state index in [1.807, 2.05) is 54.6 Å². The van der Waals surface area contributed by atoms with E-state index < -0.39 is 22.6 Å². The third-order valence-corrected chi connectivity index (χ3v) is 10.9. The average Bonchev–Trinajstić information content (AvgIpc) is 3.63. The Morgan fingerprint density at radius 2 is 1.76 bits per heavy atom. The molecule has 5 rings (SSSR count). The van der Waals surface area contributed by atoms with Crippen LogP contribution in [0.15, 0.2) is 54.6 Å². The third kappa shape index (κ3) is 5.71. The van der Waals surface area contributed by atoms with Gasteiger partial charge in [0.1, 0.15) is 6.04 Å². The van der Waals surface area contributed by atoms with Gasteiger partial charge in [0, 0.05) is 49.4 Å². The van der Waals surface area contributed by atoms with E-state index in [4.69, 9.17) is 0 Å². The molecule has 5 atom stereocenters. The van der Waals surface area contributed by atoms with E-state index in [0.717, 1.165) is 43.6 Å². The standard InChI is InChI=1S/C32H42N4O4S/c1-3-35(4-2)24-15-13-23(14-16-24)34-30(39)28-32-18-17-25(41-32)26(29(38)33-21-22-11-7-5-8-12-22)27(32)31(40)36(28)19-9-6-10-20-37/h5,7-8,11-16,25-28,37H,3-4,6,9-10,17-21H2,1-2H3,(H,33,38)(H,34,39)/t25-,26+,27+,28?,32?/m1/s1. The van der Waals surface area contributed by atoms with Crippen molar-refractivity contribution in [3.63, 3.8) is 0 Å². The first kappa shape index (κ1) is 29.5. The molecule has 3 amide bonds. The van der Waals surface area contributed by atoms with Crippen LogP contribution in [0.3, 0.4) is 0 Å². The molecular weight excluding hydrogens is 536 g/mol. The number of unbranched alkanes of at least 4 members (excludes halogenated alkanes) is 2. The lowest BCUT2D eigenvalue weighted by Gasteiger charge is -2.34. The highest BCUT2D eigenvalue weighted by atomic mass is 32.2. The third-order valence-electron chi connectivity index (χ3n) is 8.98. The molecule has 2 aromatic carbocycles. The van der Waals surface area contributed by atoms with Crippen molar-refractivity contribution in [2.24, 2.45) is 11.8 Å². The molecule has 220 valence electrons. The Morgan fingerprint density at radius 3 is 2.44 bits per heavy atom. The van der Waals surface area contributed by atoms with E-state index in [1.54, 1.807) is 16.7 Å². The second-order valence-corrected chi connectivity index (χ2v) is 12.9. The first-order valence-electron chi connectivity index (χ1n) is 15.0. The summed E-state index contributed by atoms with van der Waals surface area (Å²) in [5.41, 5.74) is 2.81. The summed E-state index contributed by atoms with van der Waals surface area (Å²) in [6.07, 6.45) is 3.70. The number of aliphatic hydroxyl groups excluding tert-OH is 1. The van der Waals surface area contributed by atoms with Crippen LogP contribution in [-0.2, 0) is 20.9 Å². The molecular formula is C32H42N4O4S. The molecule has 0 radical (unpaired) electrons. The quantitative estimate of drug-likeness (QED) is 0.310. The van der Waals surface area contributed by atoms with Gasteiger partial charge < -0.3 is 25.5 Å². The van der Waals surface area contributed by atoms with Gasteiger partial charge in [0.2, 0.25) is 17.7 Å². The fraction of sp³-hybridized carbons (Fsp3) is 0.531. The number of fused-ring (bicyclic) bond motifs is 1. The maximum Gasteiger partial charge on any atom is 0.248 e. The zero-order valence-corrected chi connectivity index (χ0v) is 24.9. The van der Waals surface area contributed by atoms with Gasteiger partial charge in [-0.3, -0.25) is 14.4 Å². The van der Waals surface area contributed by atoms with Gasteiger partial charge in [0.15, 0.2) is 0 Å². The van der Waals surface area contributed by atoms with Gasteiger partial charge in [-0.25, -0.2) is 0 Å². The summed E-state index contributed by atoms with van der Waals surface area (Å²) in [6, 6.07) is 17.0. The Hall–Kier alpha value is -3.04. The van der Waals surface area contributed by atoms with E-state index in [9.17, 15) is 19.5 Å². The van der Waals surface area contributed by atoms with Crippen molar-refractivity contribution in [1.82, 2.24) is 10.2 Å². The zero-order valence-electron chi connectivity index (χ0n) is 24.1. The SMILES string of the molecule is CCN(CC)c1ccc(NC(=O)C2N(CCCCCO)C(=O)[C@@H]3[C@@H](C(=O)NCc4ccccc4)[C@H]4CCC23S4)cc1. The Labute approximate surface area is 247 Å². The monoisotopic (exact) mass is 578 g/mol. The minimum Gasteiger partial charge on any atom is -0.396 e. The van der Waals surface area contributed by atoms with Crippen molar-refractivity contribution in [2.45, 2.75) is 68.5 Å². The molecule has 2 aromatic rings. The minimum atomic E-state index is -0.640. The molecule has 8 nitrogen and oxygen atoms in total. The lowest BCUT2D eigenvalue weighted by Crippen LogP contribution is -2.51. The smallest absolute Gasteiger partial charge is 0.248 e. The van der Waals surface area contributed by atoms with Crippen molar-refractivity contribution < 1.29 is 19.5 Å². The van der Waals surface area contributed by atoms with Crippen LogP contribution >= 0.6 is 11.8 Å². The molecule has 9 heteroatoms. The van der Waals surface area contributed by atoms with E-state index in [2.05, 4.69) is 29.4 Å². The van der Waals surface area contributed by atoms with Gasteiger partial charge in [0.05, 0.1) is 16.6 Å². The number of thioether (sulfide) groups is 1. The number of anilines is 2. The highest BCUT2D eigenvalue weighted by Crippen LogP contribution is 2.66. The van der Waals surface area contributed by atoms with E-state index in [-0.39, 0.29) is 29.6 Å². The van der Waals surface area contributed by atoms with Gasteiger partial charge in [-0.15, -0.1) is 11.8 Å². The van der Waals surface area contributed by atoms with E-state index in [0.29, 0.717) is 31.6 Å². The lowest BCUT2D eigenvalue weighted by molar-refractivity contribution is -0.139. The predicted octanol–water partition coefficient (Wildman–Crippen LogP) is 4.04. The van der Waals surface area contributed by atoms with Gasteiger partial charge in [-0.05, 0) is 75.8 Å². The van der Waals surface area contributed by atoms with Crippen LogP contribution < -0.4 is 15.5 Å². The molecule has 2 bridgehead atoms. The topological polar surface area (TPSA) is 102 Å². The first-order valence-corrected chi connectivity index (χ1v) is 15.9. The molecule has 3 N–H and O–H groups in total. The number of aliphatic hydroxyl groups is 1. The van der Waals surface area contributed by atoms with Crippen LogP contribution in [0.5, 0.6) is 0 Å². The van der Waals surface area contributed by atoms with Crippen molar-refractivity contribution in [1.29, 1.82) is 0 Å². The highest BCUT2D eigenvalue weighted by molar-refractivity contribution is 8.02. The number of nitrogens with one attached hydrogen (secondary N) is 2. The predicted molar refractivity (Wildman–Crippen MR) is 164 cm³/mol. The number of nitrogens with zero attached hydrogens (tertiary/aromatic N) is 2. The Bertz CT molecular complexity index is 1220. The Kier molecular flexibility index (Phi) is 9.24. The van der Waals surface area contributed by atoms with E-state index >= 15 is 0 Å². The molecule has 3 aliphatic heterocycles. The number of carbonyl (C=O) groups excluding carboxylic acids is 3. The maximum atomic E-state index is 14.1.